The Bertz CT molecular complexity index is 856. The summed E-state index contributed by atoms with van der Waals surface area (Å²) in [6, 6.07) is 5.25. The number of nitrogens with zero attached hydrogens (tertiary/aromatic N) is 5. The molecule has 2 atom stereocenters. The first-order valence-electron chi connectivity index (χ1n) is 9.43. The molecule has 1 saturated heterocycles. The van der Waals surface area contributed by atoms with E-state index in [0.29, 0.717) is 12.1 Å². The summed E-state index contributed by atoms with van der Waals surface area (Å²) in [5, 5.41) is 14.0. The molecule has 1 aliphatic rings. The van der Waals surface area contributed by atoms with Crippen LogP contribution in [0.2, 0.25) is 0 Å². The predicted molar refractivity (Wildman–Crippen MR) is 101 cm³/mol. The Hall–Kier alpha value is -2.84. The number of carbonyl (C=O) groups excluding carboxylic acids is 2. The first kappa shape index (κ1) is 19.9. The predicted octanol–water partition coefficient (Wildman–Crippen LogP) is 1.83. The van der Waals surface area contributed by atoms with E-state index in [2.05, 4.69) is 20.8 Å². The second kappa shape index (κ2) is 8.04. The third-order valence-corrected chi connectivity index (χ3v) is 5.33. The summed E-state index contributed by atoms with van der Waals surface area (Å²) >= 11 is 0. The summed E-state index contributed by atoms with van der Waals surface area (Å²) in [4.78, 5) is 26.5. The molecule has 1 fully saturated rings. The number of hydrogen-bond donors (Lipinski definition) is 1. The van der Waals surface area contributed by atoms with Crippen LogP contribution in [0.5, 0.6) is 0 Å². The van der Waals surface area contributed by atoms with Crippen LogP contribution in [0, 0.1) is 6.92 Å². The average molecular weight is 388 g/mol. The third-order valence-electron chi connectivity index (χ3n) is 5.33. The van der Waals surface area contributed by atoms with Crippen LogP contribution in [-0.2, 0) is 4.79 Å². The van der Waals surface area contributed by atoms with Gasteiger partial charge in [0, 0.05) is 18.7 Å². The smallest absolute Gasteiger partial charge is 0.257 e. The number of carbonyl (C=O) groups is 2. The Labute approximate surface area is 163 Å². The number of likely N-dealkylation sites (tertiary alicyclic amines) is 1. The lowest BCUT2D eigenvalue weighted by Gasteiger charge is -2.36. The van der Waals surface area contributed by atoms with Crippen molar-refractivity contribution in [2.45, 2.75) is 51.7 Å². The van der Waals surface area contributed by atoms with Crippen molar-refractivity contribution in [3.63, 3.8) is 0 Å². The topological polar surface area (TPSA) is 93.0 Å². The highest BCUT2D eigenvalue weighted by Gasteiger charge is 2.41. The lowest BCUT2D eigenvalue weighted by atomic mass is 9.98. The van der Waals surface area contributed by atoms with E-state index in [1.54, 1.807) is 30.0 Å². The molecule has 1 aromatic carbocycles. The van der Waals surface area contributed by atoms with Gasteiger partial charge in [-0.05, 0) is 67.3 Å². The molecule has 1 aliphatic heterocycles. The van der Waals surface area contributed by atoms with Crippen molar-refractivity contribution in [2.24, 2.45) is 0 Å². The minimum absolute atomic E-state index is 0.157. The number of aromatic nitrogens is 4. The van der Waals surface area contributed by atoms with E-state index < -0.39 is 17.6 Å². The quantitative estimate of drug-likeness (QED) is 0.815. The van der Waals surface area contributed by atoms with Crippen LogP contribution in [0.3, 0.4) is 0 Å². The minimum Gasteiger partial charge on any atom is -0.350 e. The van der Waals surface area contributed by atoms with Gasteiger partial charge in [0.25, 0.3) is 11.8 Å². The Kier molecular flexibility index (Phi) is 5.71. The lowest BCUT2D eigenvalue weighted by Crippen LogP contribution is -2.54. The molecule has 0 radical (unpaired) electrons. The lowest BCUT2D eigenvalue weighted by molar-refractivity contribution is -0.140. The van der Waals surface area contributed by atoms with Gasteiger partial charge in [0.1, 0.15) is 6.33 Å². The number of halogens is 1. The van der Waals surface area contributed by atoms with Crippen molar-refractivity contribution in [1.29, 1.82) is 0 Å². The fourth-order valence-electron chi connectivity index (χ4n) is 3.62. The first-order valence-corrected chi connectivity index (χ1v) is 9.43. The monoisotopic (exact) mass is 388 g/mol. The normalized spacial score (nSPS) is 20.2. The molecule has 3 rings (SSSR count). The van der Waals surface area contributed by atoms with Gasteiger partial charge in [0.15, 0.2) is 6.17 Å². The van der Waals surface area contributed by atoms with E-state index >= 15 is 0 Å². The zero-order valence-electron chi connectivity index (χ0n) is 16.4. The van der Waals surface area contributed by atoms with Gasteiger partial charge < -0.3 is 10.2 Å². The third kappa shape index (κ3) is 3.88. The standard InChI is InChI=1S/C19H25FN6O2/c1-4-15(20)18(28)25-9-5-8-19(25,3)11-21-17(27)14-6-7-16(13(2)10-14)26-12-22-23-24-26/h6-7,10,12,15H,4-5,8-9,11H2,1-3H3,(H,21,27). The molecule has 9 heteroatoms. The highest BCUT2D eigenvalue weighted by Crippen LogP contribution is 2.30. The first-order chi connectivity index (χ1) is 13.4. The molecule has 150 valence electrons. The number of tetrazole rings is 1. The van der Waals surface area contributed by atoms with Crippen LogP contribution < -0.4 is 5.32 Å². The molecule has 0 spiro atoms. The van der Waals surface area contributed by atoms with Crippen LogP contribution >= 0.6 is 0 Å². The van der Waals surface area contributed by atoms with Gasteiger partial charge in [0.05, 0.1) is 11.2 Å². The summed E-state index contributed by atoms with van der Waals surface area (Å²) in [6.07, 6.45) is 1.68. The van der Waals surface area contributed by atoms with Crippen molar-refractivity contribution in [2.75, 3.05) is 13.1 Å². The number of alkyl halides is 1. The molecule has 0 bridgehead atoms. The van der Waals surface area contributed by atoms with Crippen LogP contribution in [0.15, 0.2) is 24.5 Å². The number of nitrogens with one attached hydrogen (secondary N) is 1. The maximum Gasteiger partial charge on any atom is 0.257 e. The largest absolute Gasteiger partial charge is 0.350 e. The minimum atomic E-state index is -1.49. The maximum atomic E-state index is 13.9. The van der Waals surface area contributed by atoms with Crippen molar-refractivity contribution in [1.82, 2.24) is 30.4 Å². The Morgan fingerprint density at radius 2 is 2.18 bits per heavy atom. The second-order valence-corrected chi connectivity index (χ2v) is 7.40. The average Bonchev–Trinajstić information content (AvgIpc) is 3.35. The number of amides is 2. The van der Waals surface area contributed by atoms with Crippen molar-refractivity contribution in [3.05, 3.63) is 35.7 Å². The molecular weight excluding hydrogens is 363 g/mol. The molecule has 1 aromatic heterocycles. The molecule has 1 N–H and O–H groups in total. The Balaban J connectivity index is 1.68. The Morgan fingerprint density at radius 1 is 1.39 bits per heavy atom. The Morgan fingerprint density at radius 3 is 2.82 bits per heavy atom. The SMILES string of the molecule is CCC(F)C(=O)N1CCCC1(C)CNC(=O)c1ccc(-n2cnnn2)c(C)c1. The summed E-state index contributed by atoms with van der Waals surface area (Å²) < 4.78 is 15.4. The number of hydrogen-bond acceptors (Lipinski definition) is 5. The molecule has 2 heterocycles. The maximum absolute atomic E-state index is 13.9. The van der Waals surface area contributed by atoms with Crippen molar-refractivity contribution < 1.29 is 14.0 Å². The van der Waals surface area contributed by atoms with Crippen molar-refractivity contribution >= 4 is 11.8 Å². The van der Waals surface area contributed by atoms with Crippen LogP contribution in [0.1, 0.15) is 49.0 Å². The van der Waals surface area contributed by atoms with Crippen molar-refractivity contribution in [3.8, 4) is 5.69 Å². The molecule has 2 unspecified atom stereocenters. The number of rotatable bonds is 6. The van der Waals surface area contributed by atoms with Gasteiger partial charge in [-0.25, -0.2) is 9.07 Å². The van der Waals surface area contributed by atoms with Gasteiger partial charge in [-0.2, -0.15) is 0 Å². The molecule has 2 amide bonds. The van der Waals surface area contributed by atoms with Gasteiger partial charge >= 0.3 is 0 Å². The van der Waals surface area contributed by atoms with E-state index in [4.69, 9.17) is 0 Å². The molecule has 0 saturated carbocycles. The van der Waals surface area contributed by atoms with E-state index in [1.165, 1.54) is 11.0 Å². The number of benzene rings is 1. The van der Waals surface area contributed by atoms with Gasteiger partial charge in [-0.1, -0.05) is 6.92 Å². The van der Waals surface area contributed by atoms with Crippen LogP contribution in [0.4, 0.5) is 4.39 Å². The van der Waals surface area contributed by atoms with Gasteiger partial charge in [-0.15, -0.1) is 5.10 Å². The zero-order valence-corrected chi connectivity index (χ0v) is 16.4. The fourth-order valence-corrected chi connectivity index (χ4v) is 3.62. The molecule has 2 aromatic rings. The molecular formula is C19H25FN6O2. The zero-order chi connectivity index (χ0) is 20.3. The summed E-state index contributed by atoms with van der Waals surface area (Å²) in [5.41, 5.74) is 1.57. The fraction of sp³-hybridized carbons (Fsp3) is 0.526. The van der Waals surface area contributed by atoms with E-state index in [0.717, 1.165) is 24.1 Å². The highest BCUT2D eigenvalue weighted by molar-refractivity contribution is 5.94. The molecule has 0 aliphatic carbocycles. The summed E-state index contributed by atoms with van der Waals surface area (Å²) in [7, 11) is 0. The summed E-state index contributed by atoms with van der Waals surface area (Å²) in [6.45, 7) is 6.22. The number of aryl methyl sites for hydroxylation is 1. The molecule has 8 nitrogen and oxygen atoms in total. The van der Waals surface area contributed by atoms with Crippen LogP contribution in [0.25, 0.3) is 5.69 Å². The second-order valence-electron chi connectivity index (χ2n) is 7.40. The van der Waals surface area contributed by atoms with Gasteiger partial charge in [-0.3, -0.25) is 9.59 Å². The van der Waals surface area contributed by atoms with E-state index in [9.17, 15) is 14.0 Å². The summed E-state index contributed by atoms with van der Waals surface area (Å²) in [5.74, 6) is -0.724. The van der Waals surface area contributed by atoms with E-state index in [1.807, 2.05) is 13.8 Å². The van der Waals surface area contributed by atoms with Crippen LogP contribution in [-0.4, -0.2) is 61.7 Å². The van der Waals surface area contributed by atoms with Gasteiger partial charge in [0.2, 0.25) is 0 Å². The van der Waals surface area contributed by atoms with E-state index in [-0.39, 0.29) is 18.9 Å². The highest BCUT2D eigenvalue weighted by atomic mass is 19.1. The molecule has 28 heavy (non-hydrogen) atoms.